The average molecular weight is 181 g/mol. The van der Waals surface area contributed by atoms with Crippen molar-refractivity contribution < 1.29 is 4.79 Å². The van der Waals surface area contributed by atoms with Crippen molar-refractivity contribution in [2.45, 2.75) is 32.7 Å². The summed E-state index contributed by atoms with van der Waals surface area (Å²) in [5.41, 5.74) is 0.779. The van der Waals surface area contributed by atoms with E-state index in [1.165, 1.54) is 0 Å². The number of H-pyrrole nitrogens is 1. The molecule has 0 bridgehead atoms. The Labute approximate surface area is 77.8 Å². The molecular weight excluding hydrogens is 166 g/mol. The summed E-state index contributed by atoms with van der Waals surface area (Å²) in [7, 11) is 0. The van der Waals surface area contributed by atoms with Gasteiger partial charge in [0.15, 0.2) is 0 Å². The van der Waals surface area contributed by atoms with Crippen LogP contribution in [0.5, 0.6) is 0 Å². The quantitative estimate of drug-likeness (QED) is 0.724. The normalized spacial score (nSPS) is 12.5. The van der Waals surface area contributed by atoms with Crippen molar-refractivity contribution in [3.05, 3.63) is 18.2 Å². The number of nitrogens with one attached hydrogen (secondary N) is 2. The first kappa shape index (κ1) is 9.77. The van der Waals surface area contributed by atoms with E-state index in [-0.39, 0.29) is 11.9 Å². The highest BCUT2D eigenvalue weighted by atomic mass is 16.1. The summed E-state index contributed by atoms with van der Waals surface area (Å²) in [6.07, 6.45) is 4.61. The maximum absolute atomic E-state index is 11.3. The largest absolute Gasteiger partial charge is 0.353 e. The Morgan fingerprint density at radius 2 is 2.54 bits per heavy atom. The molecule has 1 rings (SSSR count). The van der Waals surface area contributed by atoms with Crippen LogP contribution in [0.4, 0.5) is 0 Å². The third kappa shape index (κ3) is 3.27. The van der Waals surface area contributed by atoms with E-state index >= 15 is 0 Å². The van der Waals surface area contributed by atoms with E-state index in [1.54, 1.807) is 12.5 Å². The minimum atomic E-state index is 0.0291. The summed E-state index contributed by atoms with van der Waals surface area (Å²) >= 11 is 0. The first-order valence-corrected chi connectivity index (χ1v) is 4.49. The van der Waals surface area contributed by atoms with E-state index in [1.807, 2.05) is 13.8 Å². The molecule has 2 N–H and O–H groups in total. The van der Waals surface area contributed by atoms with Crippen molar-refractivity contribution in [1.82, 2.24) is 15.3 Å². The molecule has 0 saturated heterocycles. The molecule has 0 aromatic carbocycles. The molecule has 13 heavy (non-hydrogen) atoms. The molecule has 0 saturated carbocycles. The van der Waals surface area contributed by atoms with Crippen LogP contribution >= 0.6 is 0 Å². The lowest BCUT2D eigenvalue weighted by Crippen LogP contribution is -2.33. The Bertz CT molecular complexity index is 256. The fourth-order valence-electron chi connectivity index (χ4n) is 0.980. The third-order valence-electron chi connectivity index (χ3n) is 1.92. The van der Waals surface area contributed by atoms with Crippen LogP contribution in [0.25, 0.3) is 0 Å². The predicted molar refractivity (Wildman–Crippen MR) is 50.2 cm³/mol. The lowest BCUT2D eigenvalue weighted by molar-refractivity contribution is -0.121. The van der Waals surface area contributed by atoms with Crippen molar-refractivity contribution in [3.8, 4) is 0 Å². The highest BCUT2D eigenvalue weighted by Crippen LogP contribution is 1.94. The summed E-state index contributed by atoms with van der Waals surface area (Å²) in [4.78, 5) is 18.1. The number of hydrogen-bond acceptors (Lipinski definition) is 2. The zero-order valence-corrected chi connectivity index (χ0v) is 8.00. The number of aromatic nitrogens is 2. The minimum absolute atomic E-state index is 0.0291. The van der Waals surface area contributed by atoms with Gasteiger partial charge in [-0.2, -0.15) is 0 Å². The molecule has 1 amide bonds. The molecule has 1 unspecified atom stereocenters. The monoisotopic (exact) mass is 181 g/mol. The first-order valence-electron chi connectivity index (χ1n) is 4.49. The molecule has 4 heteroatoms. The lowest BCUT2D eigenvalue weighted by atomic mass is 10.2. The van der Waals surface area contributed by atoms with Crippen molar-refractivity contribution in [1.29, 1.82) is 0 Å². The second kappa shape index (κ2) is 4.64. The number of amides is 1. The fourth-order valence-corrected chi connectivity index (χ4v) is 0.980. The Balaban J connectivity index is 2.34. The van der Waals surface area contributed by atoms with E-state index in [2.05, 4.69) is 15.3 Å². The Morgan fingerprint density at radius 3 is 3.08 bits per heavy atom. The van der Waals surface area contributed by atoms with Gasteiger partial charge in [0.1, 0.15) is 0 Å². The summed E-state index contributed by atoms with van der Waals surface area (Å²) in [6, 6.07) is 0.242. The molecule has 72 valence electrons. The van der Waals surface area contributed by atoms with Crippen molar-refractivity contribution >= 4 is 5.91 Å². The molecule has 0 fully saturated rings. The predicted octanol–water partition coefficient (Wildman–Crippen LogP) is 0.867. The number of rotatable bonds is 4. The summed E-state index contributed by atoms with van der Waals surface area (Å²) in [5, 5.41) is 2.88. The van der Waals surface area contributed by atoms with Crippen LogP contribution < -0.4 is 5.32 Å². The van der Waals surface area contributed by atoms with E-state index in [0.717, 1.165) is 12.1 Å². The number of carbonyl (C=O) groups excluding carboxylic acids is 1. The van der Waals surface area contributed by atoms with E-state index < -0.39 is 0 Å². The van der Waals surface area contributed by atoms with Gasteiger partial charge in [-0.3, -0.25) is 4.79 Å². The molecule has 0 radical (unpaired) electrons. The van der Waals surface area contributed by atoms with Gasteiger partial charge in [-0.15, -0.1) is 0 Å². The maximum Gasteiger partial charge on any atom is 0.226 e. The van der Waals surface area contributed by atoms with E-state index in [0.29, 0.717) is 6.42 Å². The smallest absolute Gasteiger partial charge is 0.226 e. The fraction of sp³-hybridized carbons (Fsp3) is 0.556. The van der Waals surface area contributed by atoms with Crippen LogP contribution in [-0.4, -0.2) is 21.9 Å². The van der Waals surface area contributed by atoms with Crippen LogP contribution in [0.3, 0.4) is 0 Å². The standard InChI is InChI=1S/C9H15N3O/c1-3-7(2)12-9(13)4-8-5-10-6-11-8/h5-7H,3-4H2,1-2H3,(H,10,11)(H,12,13). The second-order valence-corrected chi connectivity index (χ2v) is 3.11. The van der Waals surface area contributed by atoms with Crippen LogP contribution in [0.1, 0.15) is 26.0 Å². The van der Waals surface area contributed by atoms with Gasteiger partial charge in [-0.1, -0.05) is 6.92 Å². The number of imidazole rings is 1. The second-order valence-electron chi connectivity index (χ2n) is 3.11. The Kier molecular flexibility index (Phi) is 3.49. The van der Waals surface area contributed by atoms with Gasteiger partial charge >= 0.3 is 0 Å². The van der Waals surface area contributed by atoms with Gasteiger partial charge < -0.3 is 10.3 Å². The number of aromatic amines is 1. The van der Waals surface area contributed by atoms with Gasteiger partial charge in [0.05, 0.1) is 18.4 Å². The summed E-state index contributed by atoms with van der Waals surface area (Å²) in [6.45, 7) is 4.03. The molecule has 1 aromatic heterocycles. The topological polar surface area (TPSA) is 57.8 Å². The lowest BCUT2D eigenvalue weighted by Gasteiger charge is -2.09. The zero-order chi connectivity index (χ0) is 9.68. The van der Waals surface area contributed by atoms with Crippen molar-refractivity contribution in [2.75, 3.05) is 0 Å². The first-order chi connectivity index (χ1) is 6.22. The van der Waals surface area contributed by atoms with Crippen LogP contribution in [0.2, 0.25) is 0 Å². The molecule has 1 atom stereocenters. The maximum atomic E-state index is 11.3. The van der Waals surface area contributed by atoms with Crippen LogP contribution in [0.15, 0.2) is 12.5 Å². The highest BCUT2D eigenvalue weighted by Gasteiger charge is 2.06. The number of hydrogen-bond donors (Lipinski definition) is 2. The summed E-state index contributed by atoms with van der Waals surface area (Å²) in [5.74, 6) is 0.0291. The molecule has 1 heterocycles. The van der Waals surface area contributed by atoms with Crippen LogP contribution in [-0.2, 0) is 11.2 Å². The molecular formula is C9H15N3O. The molecule has 4 nitrogen and oxygen atoms in total. The SMILES string of the molecule is CCC(C)NC(=O)Cc1c[nH]cn1. The van der Waals surface area contributed by atoms with Gasteiger partial charge in [0, 0.05) is 12.2 Å². The van der Waals surface area contributed by atoms with E-state index in [4.69, 9.17) is 0 Å². The zero-order valence-electron chi connectivity index (χ0n) is 8.00. The Hall–Kier alpha value is -1.32. The average Bonchev–Trinajstić information content (AvgIpc) is 2.56. The van der Waals surface area contributed by atoms with Crippen LogP contribution in [0, 0.1) is 0 Å². The number of carbonyl (C=O) groups is 1. The van der Waals surface area contributed by atoms with Gasteiger partial charge in [-0.25, -0.2) is 4.98 Å². The van der Waals surface area contributed by atoms with Gasteiger partial charge in [0.25, 0.3) is 0 Å². The molecule has 1 aromatic rings. The molecule has 0 aliphatic rings. The minimum Gasteiger partial charge on any atom is -0.353 e. The van der Waals surface area contributed by atoms with Gasteiger partial charge in [0.2, 0.25) is 5.91 Å². The van der Waals surface area contributed by atoms with E-state index in [9.17, 15) is 4.79 Å². The Morgan fingerprint density at radius 1 is 1.77 bits per heavy atom. The third-order valence-corrected chi connectivity index (χ3v) is 1.92. The molecule has 0 spiro atoms. The molecule has 0 aliphatic carbocycles. The van der Waals surface area contributed by atoms with Gasteiger partial charge in [-0.05, 0) is 13.3 Å². The van der Waals surface area contributed by atoms with Crippen molar-refractivity contribution in [3.63, 3.8) is 0 Å². The molecule has 0 aliphatic heterocycles. The highest BCUT2D eigenvalue weighted by molar-refractivity contribution is 5.78. The van der Waals surface area contributed by atoms with Crippen molar-refractivity contribution in [2.24, 2.45) is 0 Å². The number of nitrogens with zero attached hydrogens (tertiary/aromatic N) is 1. The summed E-state index contributed by atoms with van der Waals surface area (Å²) < 4.78 is 0.